The summed E-state index contributed by atoms with van der Waals surface area (Å²) in [5, 5.41) is 5.12. The van der Waals surface area contributed by atoms with Crippen LogP contribution in [0.4, 0.5) is 5.69 Å². The van der Waals surface area contributed by atoms with E-state index < -0.39 is 0 Å². The van der Waals surface area contributed by atoms with E-state index in [2.05, 4.69) is 35.0 Å². The lowest BCUT2D eigenvalue weighted by atomic mass is 10.0. The molecular formula is C20H19NOS2. The van der Waals surface area contributed by atoms with Crippen molar-refractivity contribution < 1.29 is 4.79 Å². The first-order valence-electron chi connectivity index (χ1n) is 7.83. The molecule has 1 amide bonds. The Morgan fingerprint density at radius 1 is 0.958 bits per heavy atom. The number of carbonyl (C=O) groups excluding carboxylic acids is 1. The molecule has 122 valence electrons. The van der Waals surface area contributed by atoms with Crippen molar-refractivity contribution in [1.82, 2.24) is 0 Å². The topological polar surface area (TPSA) is 29.1 Å². The Kier molecular flexibility index (Phi) is 6.10. The number of hydrogen-bond donors (Lipinski definition) is 1. The fourth-order valence-corrected chi connectivity index (χ4v) is 4.11. The molecule has 2 aromatic carbocycles. The maximum absolute atomic E-state index is 12.2. The quantitative estimate of drug-likeness (QED) is 0.632. The van der Waals surface area contributed by atoms with Crippen LogP contribution in [-0.2, 0) is 17.0 Å². The molecule has 1 N–H and O–H groups in total. The highest BCUT2D eigenvalue weighted by atomic mass is 32.2. The van der Waals surface area contributed by atoms with Gasteiger partial charge in [-0.2, -0.15) is 0 Å². The van der Waals surface area contributed by atoms with Gasteiger partial charge in [-0.05, 0) is 35.1 Å². The highest BCUT2D eigenvalue weighted by Crippen LogP contribution is 2.21. The van der Waals surface area contributed by atoms with Crippen molar-refractivity contribution in [3.05, 3.63) is 88.1 Å². The van der Waals surface area contributed by atoms with Gasteiger partial charge < -0.3 is 5.32 Å². The number of carbonyl (C=O) groups is 1. The minimum absolute atomic E-state index is 0.0528. The van der Waals surface area contributed by atoms with Crippen LogP contribution in [0.25, 0.3) is 0 Å². The van der Waals surface area contributed by atoms with Crippen LogP contribution in [0, 0.1) is 0 Å². The van der Waals surface area contributed by atoms with Gasteiger partial charge in [-0.1, -0.05) is 54.6 Å². The predicted molar refractivity (Wildman–Crippen MR) is 105 cm³/mol. The lowest BCUT2D eigenvalue weighted by Crippen LogP contribution is -2.15. The monoisotopic (exact) mass is 353 g/mol. The van der Waals surface area contributed by atoms with Crippen molar-refractivity contribution in [2.75, 3.05) is 11.1 Å². The average Bonchev–Trinajstić information content (AvgIpc) is 3.11. The SMILES string of the molecule is O=C(CSCc1cccs1)Nc1ccccc1Cc1ccccc1. The number of rotatable bonds is 7. The smallest absolute Gasteiger partial charge is 0.234 e. The Morgan fingerprint density at radius 3 is 2.54 bits per heavy atom. The number of amides is 1. The molecule has 4 heteroatoms. The van der Waals surface area contributed by atoms with Crippen LogP contribution in [0.2, 0.25) is 0 Å². The van der Waals surface area contributed by atoms with E-state index in [4.69, 9.17) is 0 Å². The number of para-hydroxylation sites is 1. The molecule has 0 aliphatic heterocycles. The zero-order chi connectivity index (χ0) is 16.6. The maximum atomic E-state index is 12.2. The van der Waals surface area contributed by atoms with E-state index in [0.717, 1.165) is 23.4 Å². The van der Waals surface area contributed by atoms with Gasteiger partial charge in [0.2, 0.25) is 5.91 Å². The fraction of sp³-hybridized carbons (Fsp3) is 0.150. The highest BCUT2D eigenvalue weighted by molar-refractivity contribution is 7.99. The van der Waals surface area contributed by atoms with E-state index in [9.17, 15) is 4.79 Å². The zero-order valence-corrected chi connectivity index (χ0v) is 14.9. The molecule has 0 fully saturated rings. The normalized spacial score (nSPS) is 10.5. The van der Waals surface area contributed by atoms with E-state index >= 15 is 0 Å². The van der Waals surface area contributed by atoms with Gasteiger partial charge in [0.1, 0.15) is 0 Å². The first kappa shape index (κ1) is 16.8. The minimum Gasteiger partial charge on any atom is -0.325 e. The van der Waals surface area contributed by atoms with E-state index in [0.29, 0.717) is 5.75 Å². The molecule has 0 radical (unpaired) electrons. The molecule has 0 saturated carbocycles. The number of thiophene rings is 1. The molecule has 3 aromatic rings. The summed E-state index contributed by atoms with van der Waals surface area (Å²) in [5.41, 5.74) is 3.29. The van der Waals surface area contributed by atoms with Crippen molar-refractivity contribution in [3.63, 3.8) is 0 Å². The van der Waals surface area contributed by atoms with Gasteiger partial charge in [0.15, 0.2) is 0 Å². The van der Waals surface area contributed by atoms with Gasteiger partial charge >= 0.3 is 0 Å². The van der Waals surface area contributed by atoms with Crippen molar-refractivity contribution in [1.29, 1.82) is 0 Å². The van der Waals surface area contributed by atoms with Crippen LogP contribution in [0.5, 0.6) is 0 Å². The minimum atomic E-state index is 0.0528. The van der Waals surface area contributed by atoms with Gasteiger partial charge in [-0.15, -0.1) is 23.1 Å². The molecule has 3 rings (SSSR count). The average molecular weight is 354 g/mol. The molecule has 0 unspecified atom stereocenters. The molecule has 0 bridgehead atoms. The fourth-order valence-electron chi connectivity index (χ4n) is 2.44. The van der Waals surface area contributed by atoms with Crippen LogP contribution in [0.15, 0.2) is 72.1 Å². The third-order valence-electron chi connectivity index (χ3n) is 3.59. The Hall–Kier alpha value is -2.04. The van der Waals surface area contributed by atoms with Crippen LogP contribution in [0.1, 0.15) is 16.0 Å². The summed E-state index contributed by atoms with van der Waals surface area (Å²) < 4.78 is 0. The molecule has 1 heterocycles. The van der Waals surface area contributed by atoms with E-state index in [-0.39, 0.29) is 5.91 Å². The van der Waals surface area contributed by atoms with Gasteiger partial charge in [0.05, 0.1) is 5.75 Å². The second kappa shape index (κ2) is 8.71. The second-order valence-corrected chi connectivity index (χ2v) is 7.46. The summed E-state index contributed by atoms with van der Waals surface area (Å²) in [5.74, 6) is 1.41. The lowest BCUT2D eigenvalue weighted by molar-refractivity contribution is -0.113. The third kappa shape index (κ3) is 4.98. The Bertz CT molecular complexity index is 769. The van der Waals surface area contributed by atoms with Gasteiger partial charge in [-0.3, -0.25) is 4.79 Å². The predicted octanol–water partition coefficient (Wildman–Crippen LogP) is 5.21. The van der Waals surface area contributed by atoms with Crippen molar-refractivity contribution in [3.8, 4) is 0 Å². The van der Waals surface area contributed by atoms with E-state index in [1.54, 1.807) is 23.1 Å². The summed E-state index contributed by atoms with van der Waals surface area (Å²) in [6, 6.07) is 22.5. The zero-order valence-electron chi connectivity index (χ0n) is 13.3. The third-order valence-corrected chi connectivity index (χ3v) is 5.63. The van der Waals surface area contributed by atoms with Gasteiger partial charge in [0.25, 0.3) is 0 Å². The molecule has 0 atom stereocenters. The molecule has 24 heavy (non-hydrogen) atoms. The Morgan fingerprint density at radius 2 is 1.75 bits per heavy atom. The number of hydrogen-bond acceptors (Lipinski definition) is 3. The standard InChI is InChI=1S/C20H19NOS2/c22-20(15-23-14-18-10-6-12-24-18)21-19-11-5-4-9-17(19)13-16-7-2-1-3-8-16/h1-12H,13-15H2,(H,21,22). The van der Waals surface area contributed by atoms with Crippen molar-refractivity contribution in [2.24, 2.45) is 0 Å². The second-order valence-electron chi connectivity index (χ2n) is 5.44. The summed E-state index contributed by atoms with van der Waals surface area (Å²) in [7, 11) is 0. The summed E-state index contributed by atoms with van der Waals surface area (Å²) in [4.78, 5) is 13.5. The Labute approximate surface area is 150 Å². The van der Waals surface area contributed by atoms with Crippen LogP contribution in [-0.4, -0.2) is 11.7 Å². The first-order chi connectivity index (χ1) is 11.8. The van der Waals surface area contributed by atoms with Gasteiger partial charge in [0, 0.05) is 16.3 Å². The highest BCUT2D eigenvalue weighted by Gasteiger charge is 2.07. The molecule has 2 nitrogen and oxygen atoms in total. The van der Waals surface area contributed by atoms with E-state index in [1.807, 2.05) is 42.5 Å². The van der Waals surface area contributed by atoms with Crippen LogP contribution in [0.3, 0.4) is 0 Å². The van der Waals surface area contributed by atoms with E-state index in [1.165, 1.54) is 10.4 Å². The molecule has 1 aromatic heterocycles. The molecule has 0 saturated heterocycles. The molecule has 0 spiro atoms. The largest absolute Gasteiger partial charge is 0.325 e. The Balaban J connectivity index is 1.57. The van der Waals surface area contributed by atoms with Crippen molar-refractivity contribution >= 4 is 34.7 Å². The summed E-state index contributed by atoms with van der Waals surface area (Å²) in [6.45, 7) is 0. The summed E-state index contributed by atoms with van der Waals surface area (Å²) in [6.07, 6.45) is 0.819. The first-order valence-corrected chi connectivity index (χ1v) is 9.86. The number of nitrogens with one attached hydrogen (secondary N) is 1. The van der Waals surface area contributed by atoms with Crippen molar-refractivity contribution in [2.45, 2.75) is 12.2 Å². The maximum Gasteiger partial charge on any atom is 0.234 e. The summed E-state index contributed by atoms with van der Waals surface area (Å²) >= 11 is 3.38. The lowest BCUT2D eigenvalue weighted by Gasteiger charge is -2.11. The van der Waals surface area contributed by atoms with Gasteiger partial charge in [-0.25, -0.2) is 0 Å². The van der Waals surface area contributed by atoms with Crippen LogP contribution < -0.4 is 5.32 Å². The molecule has 0 aliphatic rings. The molecule has 0 aliphatic carbocycles. The number of benzene rings is 2. The van der Waals surface area contributed by atoms with Crippen LogP contribution >= 0.6 is 23.1 Å². The number of anilines is 1. The molecular weight excluding hydrogens is 334 g/mol. The number of thioether (sulfide) groups is 1.